The summed E-state index contributed by atoms with van der Waals surface area (Å²) in [5, 5.41) is 2.88. The van der Waals surface area contributed by atoms with Crippen LogP contribution in [0.15, 0.2) is 41.3 Å². The van der Waals surface area contributed by atoms with Crippen LogP contribution in [0, 0.1) is 0 Å². The minimum atomic E-state index is -3.92. The predicted octanol–water partition coefficient (Wildman–Crippen LogP) is 2.61. The maximum atomic E-state index is 12.9. The fourth-order valence-corrected chi connectivity index (χ4v) is 4.32. The average molecular weight is 467 g/mol. The Bertz CT molecular complexity index is 1040. The van der Waals surface area contributed by atoms with E-state index in [9.17, 15) is 13.2 Å². The van der Waals surface area contributed by atoms with Crippen molar-refractivity contribution < 1.29 is 32.2 Å². The zero-order valence-electron chi connectivity index (χ0n) is 19.2. The van der Waals surface area contributed by atoms with Gasteiger partial charge in [-0.1, -0.05) is 13.0 Å². The summed E-state index contributed by atoms with van der Waals surface area (Å²) in [4.78, 5) is 12.7. The Hall–Kier alpha value is -2.98. The molecule has 0 unspecified atom stereocenters. The third kappa shape index (κ3) is 5.63. The number of rotatable bonds is 11. The summed E-state index contributed by atoms with van der Waals surface area (Å²) in [5.74, 6) is 1.39. The smallest absolute Gasteiger partial charge is 0.243 e. The number of hydrogen-bond donors (Lipinski definition) is 1. The van der Waals surface area contributed by atoms with Gasteiger partial charge in [-0.05, 0) is 36.2 Å². The van der Waals surface area contributed by atoms with Gasteiger partial charge in [0.05, 0.1) is 45.9 Å². The number of benzene rings is 2. The zero-order valence-corrected chi connectivity index (χ0v) is 20.0. The Labute approximate surface area is 189 Å². The second-order valence-corrected chi connectivity index (χ2v) is 8.97. The number of carbonyl (C=O) groups is 1. The van der Waals surface area contributed by atoms with Crippen molar-refractivity contribution in [2.75, 3.05) is 42.0 Å². The van der Waals surface area contributed by atoms with Crippen molar-refractivity contribution >= 4 is 15.9 Å². The molecule has 10 heteroatoms. The fraction of sp³-hybridized carbons (Fsp3) is 0.409. The minimum absolute atomic E-state index is 0.00242. The Morgan fingerprint density at radius 1 is 0.906 bits per heavy atom. The van der Waals surface area contributed by atoms with Gasteiger partial charge < -0.3 is 24.3 Å². The van der Waals surface area contributed by atoms with Gasteiger partial charge in [0.2, 0.25) is 15.9 Å². The first-order valence-electron chi connectivity index (χ1n) is 9.91. The molecule has 1 amide bonds. The molecule has 0 spiro atoms. The Morgan fingerprint density at radius 2 is 1.44 bits per heavy atom. The summed E-state index contributed by atoms with van der Waals surface area (Å²) in [6.45, 7) is 1.58. The van der Waals surface area contributed by atoms with Gasteiger partial charge in [0, 0.05) is 13.1 Å². The van der Waals surface area contributed by atoms with Crippen LogP contribution in [0.5, 0.6) is 23.0 Å². The summed E-state index contributed by atoms with van der Waals surface area (Å²) < 4.78 is 47.8. The number of ether oxygens (including phenoxy) is 4. The van der Waals surface area contributed by atoms with Crippen LogP contribution in [0.25, 0.3) is 0 Å². The maximum Gasteiger partial charge on any atom is 0.243 e. The molecule has 9 nitrogen and oxygen atoms in total. The van der Waals surface area contributed by atoms with Crippen molar-refractivity contribution in [2.45, 2.75) is 24.3 Å². The lowest BCUT2D eigenvalue weighted by Gasteiger charge is -2.22. The number of carbonyl (C=O) groups excluding carboxylic acids is 1. The van der Waals surface area contributed by atoms with E-state index in [4.69, 9.17) is 18.9 Å². The summed E-state index contributed by atoms with van der Waals surface area (Å²) in [6.07, 6.45) is 0.605. The second kappa shape index (κ2) is 11.1. The minimum Gasteiger partial charge on any atom is -0.493 e. The van der Waals surface area contributed by atoms with Crippen molar-refractivity contribution in [3.63, 3.8) is 0 Å². The Balaban J connectivity index is 2.15. The predicted molar refractivity (Wildman–Crippen MR) is 120 cm³/mol. The number of likely N-dealkylation sites (N-methyl/N-ethyl adjacent to an activating group) is 1. The third-order valence-electron chi connectivity index (χ3n) is 4.98. The zero-order chi connectivity index (χ0) is 23.9. The molecule has 0 aliphatic carbocycles. The van der Waals surface area contributed by atoms with Crippen LogP contribution in [-0.2, 0) is 14.8 Å². The standard InChI is InChI=1S/C22H30N2O7S/c1-7-17(15-8-10-18(28-3)20(12-15)30-5)23-22(25)14-24(2)32(26,27)16-9-11-19(29-4)21(13-16)31-6/h8-13,17H,7,14H2,1-6H3,(H,23,25)/t17-/m0/s1. The van der Waals surface area contributed by atoms with Crippen LogP contribution in [-0.4, -0.2) is 60.7 Å². The van der Waals surface area contributed by atoms with Gasteiger partial charge in [-0.15, -0.1) is 0 Å². The SMILES string of the molecule is CC[C@H](NC(=O)CN(C)S(=O)(=O)c1ccc(OC)c(OC)c1)c1ccc(OC)c(OC)c1. The quantitative estimate of drug-likeness (QED) is 0.543. The largest absolute Gasteiger partial charge is 0.493 e. The van der Waals surface area contributed by atoms with Crippen LogP contribution >= 0.6 is 0 Å². The van der Waals surface area contributed by atoms with E-state index >= 15 is 0 Å². The van der Waals surface area contributed by atoms with Crippen LogP contribution < -0.4 is 24.3 Å². The van der Waals surface area contributed by atoms with E-state index in [1.54, 1.807) is 19.2 Å². The van der Waals surface area contributed by atoms with Crippen LogP contribution in [0.3, 0.4) is 0 Å². The highest BCUT2D eigenvalue weighted by molar-refractivity contribution is 7.89. The maximum absolute atomic E-state index is 12.9. The lowest BCUT2D eigenvalue weighted by molar-refractivity contribution is -0.121. The van der Waals surface area contributed by atoms with E-state index in [-0.39, 0.29) is 23.2 Å². The van der Waals surface area contributed by atoms with Crippen molar-refractivity contribution in [3.8, 4) is 23.0 Å². The van der Waals surface area contributed by atoms with E-state index in [0.29, 0.717) is 23.7 Å². The first kappa shape index (κ1) is 25.3. The summed E-state index contributed by atoms with van der Waals surface area (Å²) in [7, 11) is 3.40. The molecule has 0 saturated heterocycles. The van der Waals surface area contributed by atoms with E-state index in [0.717, 1.165) is 9.87 Å². The molecule has 0 heterocycles. The lowest BCUT2D eigenvalue weighted by Crippen LogP contribution is -2.39. The summed E-state index contributed by atoms with van der Waals surface area (Å²) in [6, 6.07) is 9.34. The molecular weight excluding hydrogens is 436 g/mol. The Kier molecular flexibility index (Phi) is 8.73. The first-order valence-corrected chi connectivity index (χ1v) is 11.3. The molecule has 0 aliphatic heterocycles. The number of hydrogen-bond acceptors (Lipinski definition) is 7. The van der Waals surface area contributed by atoms with Crippen molar-refractivity contribution in [1.82, 2.24) is 9.62 Å². The molecule has 0 saturated carbocycles. The molecule has 0 bridgehead atoms. The van der Waals surface area contributed by atoms with Crippen molar-refractivity contribution in [3.05, 3.63) is 42.0 Å². The molecule has 0 aliphatic rings. The van der Waals surface area contributed by atoms with Gasteiger partial charge >= 0.3 is 0 Å². The lowest BCUT2D eigenvalue weighted by atomic mass is 10.0. The molecule has 32 heavy (non-hydrogen) atoms. The van der Waals surface area contributed by atoms with Gasteiger partial charge in [-0.3, -0.25) is 4.79 Å². The first-order chi connectivity index (χ1) is 15.2. The summed E-state index contributed by atoms with van der Waals surface area (Å²) in [5.41, 5.74) is 0.823. The number of sulfonamides is 1. The molecule has 2 aromatic rings. The van der Waals surface area contributed by atoms with E-state index < -0.39 is 15.9 Å². The fourth-order valence-electron chi connectivity index (χ4n) is 3.17. The number of nitrogens with zero attached hydrogens (tertiary/aromatic N) is 1. The van der Waals surface area contributed by atoms with Crippen molar-refractivity contribution in [1.29, 1.82) is 0 Å². The number of nitrogens with one attached hydrogen (secondary N) is 1. The van der Waals surface area contributed by atoms with Gasteiger partial charge in [-0.2, -0.15) is 4.31 Å². The second-order valence-electron chi connectivity index (χ2n) is 6.92. The highest BCUT2D eigenvalue weighted by Gasteiger charge is 2.25. The van der Waals surface area contributed by atoms with E-state index in [2.05, 4.69) is 5.32 Å². The normalized spacial score (nSPS) is 12.2. The molecule has 0 radical (unpaired) electrons. The topological polar surface area (TPSA) is 103 Å². The molecule has 2 aromatic carbocycles. The molecule has 0 fully saturated rings. The molecule has 1 N–H and O–H groups in total. The average Bonchev–Trinajstić information content (AvgIpc) is 2.81. The molecule has 1 atom stereocenters. The van der Waals surface area contributed by atoms with Crippen LogP contribution in [0.1, 0.15) is 24.9 Å². The van der Waals surface area contributed by atoms with Gasteiger partial charge in [0.15, 0.2) is 23.0 Å². The number of methoxy groups -OCH3 is 4. The molecule has 0 aromatic heterocycles. The molecular formula is C22H30N2O7S. The highest BCUT2D eigenvalue weighted by Crippen LogP contribution is 2.32. The van der Waals surface area contributed by atoms with E-state index in [1.165, 1.54) is 46.6 Å². The van der Waals surface area contributed by atoms with Gasteiger partial charge in [-0.25, -0.2) is 8.42 Å². The highest BCUT2D eigenvalue weighted by atomic mass is 32.2. The van der Waals surface area contributed by atoms with Gasteiger partial charge in [0.1, 0.15) is 0 Å². The monoisotopic (exact) mass is 466 g/mol. The van der Waals surface area contributed by atoms with Crippen LogP contribution in [0.2, 0.25) is 0 Å². The molecule has 176 valence electrons. The number of amides is 1. The van der Waals surface area contributed by atoms with Crippen LogP contribution in [0.4, 0.5) is 0 Å². The third-order valence-corrected chi connectivity index (χ3v) is 6.78. The van der Waals surface area contributed by atoms with Gasteiger partial charge in [0.25, 0.3) is 0 Å². The Morgan fingerprint density at radius 3 is 1.97 bits per heavy atom. The van der Waals surface area contributed by atoms with Crippen molar-refractivity contribution in [2.24, 2.45) is 0 Å². The van der Waals surface area contributed by atoms with E-state index in [1.807, 2.05) is 13.0 Å². The molecule has 2 rings (SSSR count). The summed E-state index contributed by atoms with van der Waals surface area (Å²) >= 11 is 0.